The maximum Gasteiger partial charge on any atom is 0.0640 e. The smallest absolute Gasteiger partial charge is 0.0640 e. The summed E-state index contributed by atoms with van der Waals surface area (Å²) in [7, 11) is 0. The molecule has 0 fully saturated rings. The fourth-order valence-corrected chi connectivity index (χ4v) is 8.14. The summed E-state index contributed by atoms with van der Waals surface area (Å²) in [5.41, 5.74) is 8.37. The molecule has 0 saturated carbocycles. The van der Waals surface area contributed by atoms with Gasteiger partial charge in [-0.05, 0) is 68.6 Å². The van der Waals surface area contributed by atoms with Crippen LogP contribution in [0.4, 0.5) is 17.1 Å². The zero-order valence-corrected chi connectivity index (χ0v) is 25.9. The average molecular weight is 604 g/mol. The van der Waals surface area contributed by atoms with Gasteiger partial charge in [0.2, 0.25) is 0 Å². The quantitative estimate of drug-likeness (QED) is 0.189. The predicted molar refractivity (Wildman–Crippen MR) is 200 cm³/mol. The van der Waals surface area contributed by atoms with Crippen molar-refractivity contribution in [2.75, 3.05) is 4.90 Å². The van der Waals surface area contributed by atoms with E-state index in [1.807, 2.05) is 11.3 Å². The third-order valence-corrected chi connectivity index (χ3v) is 10.3. The van der Waals surface area contributed by atoms with Crippen LogP contribution in [0.25, 0.3) is 64.0 Å². The second-order valence-corrected chi connectivity index (χ2v) is 12.8. The SMILES string of the molecule is c1ccc(-c2c(N(c3ccc(-c4cccc5ccccc45)cc3)c3cccc4c3sc3ccccc34)ccc3ccccc23)cc1. The van der Waals surface area contributed by atoms with Crippen LogP contribution in [0.15, 0.2) is 176 Å². The van der Waals surface area contributed by atoms with E-state index in [4.69, 9.17) is 0 Å². The molecule has 1 aromatic heterocycles. The Bertz CT molecular complexity index is 2520. The van der Waals surface area contributed by atoms with E-state index in [1.54, 1.807) is 0 Å². The molecule has 9 rings (SSSR count). The van der Waals surface area contributed by atoms with Crippen molar-refractivity contribution in [1.82, 2.24) is 0 Å². The van der Waals surface area contributed by atoms with Crippen LogP contribution < -0.4 is 4.90 Å². The molecular formula is C44H29NS. The summed E-state index contributed by atoms with van der Waals surface area (Å²) in [4.78, 5) is 2.47. The number of hydrogen-bond donors (Lipinski definition) is 0. The third kappa shape index (κ3) is 4.38. The van der Waals surface area contributed by atoms with Crippen LogP contribution in [0.5, 0.6) is 0 Å². The Balaban J connectivity index is 1.32. The van der Waals surface area contributed by atoms with Gasteiger partial charge < -0.3 is 4.90 Å². The minimum Gasteiger partial charge on any atom is -0.308 e. The third-order valence-electron chi connectivity index (χ3n) is 9.06. The molecule has 0 aliphatic carbocycles. The number of benzene rings is 8. The lowest BCUT2D eigenvalue weighted by molar-refractivity contribution is 1.31. The molecular weight excluding hydrogens is 575 g/mol. The molecule has 0 amide bonds. The molecule has 1 nitrogen and oxygen atoms in total. The van der Waals surface area contributed by atoms with Crippen LogP contribution in [0.1, 0.15) is 0 Å². The van der Waals surface area contributed by atoms with Crippen LogP contribution in [-0.4, -0.2) is 0 Å². The largest absolute Gasteiger partial charge is 0.308 e. The van der Waals surface area contributed by atoms with Crippen molar-refractivity contribution < 1.29 is 0 Å². The number of thiophene rings is 1. The zero-order valence-electron chi connectivity index (χ0n) is 25.1. The molecule has 0 bridgehead atoms. The van der Waals surface area contributed by atoms with Crippen LogP contribution in [0.2, 0.25) is 0 Å². The highest BCUT2D eigenvalue weighted by atomic mass is 32.1. The van der Waals surface area contributed by atoms with E-state index in [9.17, 15) is 0 Å². The van der Waals surface area contributed by atoms with Gasteiger partial charge in [-0.15, -0.1) is 11.3 Å². The first kappa shape index (κ1) is 26.7. The van der Waals surface area contributed by atoms with Gasteiger partial charge in [0.1, 0.15) is 0 Å². The Kier molecular flexibility index (Phi) is 6.40. The van der Waals surface area contributed by atoms with Crippen molar-refractivity contribution in [3.05, 3.63) is 176 Å². The Hall–Kier alpha value is -5.70. The Morgan fingerprint density at radius 3 is 1.83 bits per heavy atom. The molecule has 216 valence electrons. The maximum atomic E-state index is 2.47. The Morgan fingerprint density at radius 2 is 1.00 bits per heavy atom. The van der Waals surface area contributed by atoms with Crippen molar-refractivity contribution in [2.24, 2.45) is 0 Å². The van der Waals surface area contributed by atoms with Gasteiger partial charge in [0.25, 0.3) is 0 Å². The molecule has 0 spiro atoms. The second-order valence-electron chi connectivity index (χ2n) is 11.7. The summed E-state index contributed by atoms with van der Waals surface area (Å²) in [5, 5.41) is 7.59. The lowest BCUT2D eigenvalue weighted by Gasteiger charge is -2.29. The fourth-order valence-electron chi connectivity index (χ4n) is 6.94. The molecule has 0 radical (unpaired) electrons. The van der Waals surface area contributed by atoms with Crippen LogP contribution >= 0.6 is 11.3 Å². The summed E-state index contributed by atoms with van der Waals surface area (Å²) >= 11 is 1.87. The normalized spacial score (nSPS) is 11.5. The number of rotatable bonds is 5. The molecule has 9 aromatic rings. The molecule has 2 heteroatoms. The molecule has 0 saturated heterocycles. The van der Waals surface area contributed by atoms with E-state index < -0.39 is 0 Å². The van der Waals surface area contributed by atoms with Crippen molar-refractivity contribution in [3.63, 3.8) is 0 Å². The predicted octanol–water partition coefficient (Wildman–Crippen LogP) is 13.2. The maximum absolute atomic E-state index is 2.47. The van der Waals surface area contributed by atoms with Gasteiger partial charge in [0.05, 0.1) is 16.1 Å². The number of anilines is 3. The second kappa shape index (κ2) is 11.0. The minimum absolute atomic E-state index is 1.13. The highest BCUT2D eigenvalue weighted by Crippen LogP contribution is 2.49. The van der Waals surface area contributed by atoms with Crippen molar-refractivity contribution >= 4 is 70.1 Å². The summed E-state index contributed by atoms with van der Waals surface area (Å²) in [6.45, 7) is 0. The van der Waals surface area contributed by atoms with E-state index in [-0.39, 0.29) is 0 Å². The molecule has 0 unspecified atom stereocenters. The lowest BCUT2D eigenvalue weighted by Crippen LogP contribution is -2.11. The Labute approximate surface area is 272 Å². The number of hydrogen-bond acceptors (Lipinski definition) is 2. The van der Waals surface area contributed by atoms with Crippen LogP contribution in [0, 0.1) is 0 Å². The summed E-state index contributed by atoms with van der Waals surface area (Å²) in [6.07, 6.45) is 0. The molecule has 0 N–H and O–H groups in total. The van der Waals surface area contributed by atoms with Gasteiger partial charge in [-0.25, -0.2) is 0 Å². The van der Waals surface area contributed by atoms with Crippen LogP contribution in [-0.2, 0) is 0 Å². The van der Waals surface area contributed by atoms with E-state index in [0.29, 0.717) is 0 Å². The van der Waals surface area contributed by atoms with Crippen LogP contribution in [0.3, 0.4) is 0 Å². The fraction of sp³-hybridized carbons (Fsp3) is 0. The van der Waals surface area contributed by atoms with E-state index in [2.05, 4.69) is 181 Å². The highest BCUT2D eigenvalue weighted by molar-refractivity contribution is 7.26. The molecule has 0 aliphatic rings. The monoisotopic (exact) mass is 603 g/mol. The first-order chi connectivity index (χ1) is 22.8. The van der Waals surface area contributed by atoms with Gasteiger partial charge >= 0.3 is 0 Å². The van der Waals surface area contributed by atoms with Gasteiger partial charge in [0, 0.05) is 26.7 Å². The van der Waals surface area contributed by atoms with Gasteiger partial charge in [-0.2, -0.15) is 0 Å². The van der Waals surface area contributed by atoms with Crippen molar-refractivity contribution in [1.29, 1.82) is 0 Å². The average Bonchev–Trinajstić information content (AvgIpc) is 3.52. The summed E-state index contributed by atoms with van der Waals surface area (Å²) < 4.78 is 2.59. The standard InChI is InChI=1S/C44H29NS/c1-2-14-33(15-3-1)43-37-18-7-5-13-31(37)26-29-40(43)45(41-22-11-21-39-38-19-8-9-23-42(38)46-44(39)41)34-27-24-32(25-28-34)36-20-10-16-30-12-4-6-17-35(30)36/h1-29H. The van der Waals surface area contributed by atoms with Crippen molar-refractivity contribution in [3.8, 4) is 22.3 Å². The molecule has 1 heterocycles. The summed E-state index contributed by atoms with van der Waals surface area (Å²) in [6, 6.07) is 63.9. The van der Waals surface area contributed by atoms with E-state index in [0.717, 1.165) is 11.4 Å². The molecule has 0 atom stereocenters. The molecule has 8 aromatic carbocycles. The minimum atomic E-state index is 1.13. The zero-order chi connectivity index (χ0) is 30.5. The number of fused-ring (bicyclic) bond motifs is 5. The van der Waals surface area contributed by atoms with Gasteiger partial charge in [0.15, 0.2) is 0 Å². The number of nitrogens with zero attached hydrogens (tertiary/aromatic N) is 1. The van der Waals surface area contributed by atoms with Gasteiger partial charge in [-0.3, -0.25) is 0 Å². The topological polar surface area (TPSA) is 3.24 Å². The van der Waals surface area contributed by atoms with Gasteiger partial charge in [-0.1, -0.05) is 146 Å². The Morgan fingerprint density at radius 1 is 0.370 bits per heavy atom. The van der Waals surface area contributed by atoms with E-state index in [1.165, 1.54) is 69.7 Å². The molecule has 0 aliphatic heterocycles. The first-order valence-electron chi connectivity index (χ1n) is 15.7. The highest BCUT2D eigenvalue weighted by Gasteiger charge is 2.22. The van der Waals surface area contributed by atoms with E-state index >= 15 is 0 Å². The lowest BCUT2D eigenvalue weighted by atomic mass is 9.94. The van der Waals surface area contributed by atoms with Crippen molar-refractivity contribution in [2.45, 2.75) is 0 Å². The first-order valence-corrected chi connectivity index (χ1v) is 16.5. The molecule has 46 heavy (non-hydrogen) atoms. The summed E-state index contributed by atoms with van der Waals surface area (Å²) in [5.74, 6) is 0.